The van der Waals surface area contributed by atoms with Gasteiger partial charge < -0.3 is 28.6 Å². The topological polar surface area (TPSA) is 66.5 Å². The van der Waals surface area contributed by atoms with Crippen LogP contribution in [0.1, 0.15) is 16.5 Å². The number of carbonyl (C=O) groups excluding carboxylic acids is 1. The number of carbonyl (C=O) groups is 1. The quantitative estimate of drug-likeness (QED) is 0.649. The molecule has 0 spiro atoms. The highest BCUT2D eigenvalue weighted by atomic mass is 32.2. The average molecular weight is 419 g/mol. The molecule has 0 bridgehead atoms. The Labute approximate surface area is 174 Å². The molecule has 7 nitrogen and oxygen atoms in total. The molecular weight excluding hydrogens is 394 g/mol. The summed E-state index contributed by atoms with van der Waals surface area (Å²) < 4.78 is 27.1. The Morgan fingerprint density at radius 2 is 1.55 bits per heavy atom. The van der Waals surface area contributed by atoms with Crippen LogP contribution in [0.3, 0.4) is 0 Å². The lowest BCUT2D eigenvalue weighted by molar-refractivity contribution is -0.128. The molecule has 1 amide bonds. The van der Waals surface area contributed by atoms with Gasteiger partial charge in [0, 0.05) is 11.6 Å². The molecule has 0 saturated carbocycles. The molecule has 0 N–H and O–H groups in total. The molecule has 2 aromatic rings. The van der Waals surface area contributed by atoms with Gasteiger partial charge in [0.2, 0.25) is 11.7 Å². The van der Waals surface area contributed by atoms with Crippen LogP contribution in [-0.2, 0) is 11.3 Å². The van der Waals surface area contributed by atoms with Crippen molar-refractivity contribution >= 4 is 17.7 Å². The van der Waals surface area contributed by atoms with Gasteiger partial charge in [0.1, 0.15) is 16.9 Å². The van der Waals surface area contributed by atoms with Gasteiger partial charge in [-0.25, -0.2) is 0 Å². The van der Waals surface area contributed by atoms with Gasteiger partial charge in [-0.2, -0.15) is 0 Å². The predicted octanol–water partition coefficient (Wildman–Crippen LogP) is 3.50. The van der Waals surface area contributed by atoms with Crippen molar-refractivity contribution < 1.29 is 28.5 Å². The zero-order chi connectivity index (χ0) is 21.0. The van der Waals surface area contributed by atoms with E-state index in [9.17, 15) is 4.79 Å². The molecule has 1 atom stereocenters. The van der Waals surface area contributed by atoms with Crippen LogP contribution < -0.4 is 23.7 Å². The molecule has 2 aromatic carbocycles. The summed E-state index contributed by atoms with van der Waals surface area (Å²) in [6.07, 6.45) is 0. The van der Waals surface area contributed by atoms with Crippen LogP contribution in [0.15, 0.2) is 30.3 Å². The molecular formula is C21H25NO6S. The fraction of sp³-hybridized carbons (Fsp3) is 0.381. The second-order valence-electron chi connectivity index (χ2n) is 6.32. The second-order valence-corrected chi connectivity index (χ2v) is 7.39. The normalized spacial score (nSPS) is 16.0. The highest BCUT2D eigenvalue weighted by molar-refractivity contribution is 8.00. The van der Waals surface area contributed by atoms with E-state index in [1.807, 2.05) is 35.2 Å². The molecule has 8 heteroatoms. The fourth-order valence-electron chi connectivity index (χ4n) is 3.31. The first-order valence-electron chi connectivity index (χ1n) is 8.98. The number of hydrogen-bond acceptors (Lipinski definition) is 7. The van der Waals surface area contributed by atoms with Crippen LogP contribution in [0.25, 0.3) is 0 Å². The SMILES string of the molecule is COc1ccc(CN2C(=O)CSC2c2cc(OC)c(OC)c(OC)c2)c(OC)c1. The second kappa shape index (κ2) is 9.17. The zero-order valence-corrected chi connectivity index (χ0v) is 18.0. The Morgan fingerprint density at radius 1 is 0.897 bits per heavy atom. The van der Waals surface area contributed by atoms with Gasteiger partial charge in [-0.05, 0) is 29.8 Å². The smallest absolute Gasteiger partial charge is 0.234 e. The highest BCUT2D eigenvalue weighted by Crippen LogP contribution is 2.46. The van der Waals surface area contributed by atoms with Gasteiger partial charge in [-0.3, -0.25) is 4.79 Å². The Hall–Kier alpha value is -2.74. The van der Waals surface area contributed by atoms with E-state index in [0.29, 0.717) is 41.0 Å². The van der Waals surface area contributed by atoms with E-state index in [0.717, 1.165) is 11.1 Å². The number of methoxy groups -OCH3 is 5. The highest BCUT2D eigenvalue weighted by Gasteiger charge is 2.34. The van der Waals surface area contributed by atoms with Gasteiger partial charge >= 0.3 is 0 Å². The van der Waals surface area contributed by atoms with Crippen LogP contribution in [0, 0.1) is 0 Å². The number of amides is 1. The van der Waals surface area contributed by atoms with Crippen LogP contribution >= 0.6 is 11.8 Å². The third kappa shape index (κ3) is 4.17. The van der Waals surface area contributed by atoms with Gasteiger partial charge in [0.05, 0.1) is 47.8 Å². The fourth-order valence-corrected chi connectivity index (χ4v) is 4.48. The van der Waals surface area contributed by atoms with Crippen molar-refractivity contribution in [2.24, 2.45) is 0 Å². The maximum absolute atomic E-state index is 12.7. The van der Waals surface area contributed by atoms with Crippen molar-refractivity contribution in [1.82, 2.24) is 4.90 Å². The molecule has 3 rings (SSSR count). The third-order valence-corrected chi connectivity index (χ3v) is 6.03. The van der Waals surface area contributed by atoms with Crippen molar-refractivity contribution in [2.45, 2.75) is 11.9 Å². The van der Waals surface area contributed by atoms with E-state index in [1.54, 1.807) is 47.3 Å². The van der Waals surface area contributed by atoms with Crippen LogP contribution in [-0.4, -0.2) is 52.1 Å². The molecule has 0 radical (unpaired) electrons. The summed E-state index contributed by atoms with van der Waals surface area (Å²) >= 11 is 1.56. The Kier molecular flexibility index (Phi) is 6.64. The predicted molar refractivity (Wildman–Crippen MR) is 111 cm³/mol. The number of hydrogen-bond donors (Lipinski definition) is 0. The van der Waals surface area contributed by atoms with Gasteiger partial charge in [-0.15, -0.1) is 11.8 Å². The summed E-state index contributed by atoms with van der Waals surface area (Å²) in [7, 11) is 7.93. The monoisotopic (exact) mass is 419 g/mol. The Bertz CT molecular complexity index is 862. The molecule has 1 heterocycles. The molecule has 0 aromatic heterocycles. The largest absolute Gasteiger partial charge is 0.497 e. The van der Waals surface area contributed by atoms with Gasteiger partial charge in [0.15, 0.2) is 11.5 Å². The maximum Gasteiger partial charge on any atom is 0.234 e. The molecule has 1 fully saturated rings. The van der Waals surface area contributed by atoms with E-state index in [-0.39, 0.29) is 11.3 Å². The summed E-state index contributed by atoms with van der Waals surface area (Å²) in [6, 6.07) is 9.36. The maximum atomic E-state index is 12.7. The molecule has 156 valence electrons. The number of rotatable bonds is 8. The van der Waals surface area contributed by atoms with Crippen molar-refractivity contribution in [3.63, 3.8) is 0 Å². The van der Waals surface area contributed by atoms with Crippen molar-refractivity contribution in [2.75, 3.05) is 41.3 Å². The van der Waals surface area contributed by atoms with Crippen LogP contribution in [0.5, 0.6) is 28.7 Å². The number of thioether (sulfide) groups is 1. The minimum absolute atomic E-state index is 0.0617. The lowest BCUT2D eigenvalue weighted by atomic mass is 10.1. The lowest BCUT2D eigenvalue weighted by Gasteiger charge is -2.26. The average Bonchev–Trinajstić information content (AvgIpc) is 3.12. The van der Waals surface area contributed by atoms with E-state index in [4.69, 9.17) is 23.7 Å². The van der Waals surface area contributed by atoms with Crippen LogP contribution in [0.2, 0.25) is 0 Å². The first kappa shape index (κ1) is 21.0. The number of nitrogens with zero attached hydrogens (tertiary/aromatic N) is 1. The van der Waals surface area contributed by atoms with Crippen molar-refractivity contribution in [1.29, 1.82) is 0 Å². The number of benzene rings is 2. The standard InChI is InChI=1S/C21H25NO6S/c1-24-15-7-6-13(16(10-15)25-2)11-22-19(23)12-29-21(22)14-8-17(26-3)20(28-5)18(9-14)27-4/h6-10,21H,11-12H2,1-5H3. The minimum atomic E-state index is -0.178. The zero-order valence-electron chi connectivity index (χ0n) is 17.2. The van der Waals surface area contributed by atoms with Crippen molar-refractivity contribution in [3.05, 3.63) is 41.5 Å². The van der Waals surface area contributed by atoms with E-state index in [1.165, 1.54) is 0 Å². The third-order valence-electron chi connectivity index (χ3n) is 4.78. The molecule has 1 aliphatic rings. The number of ether oxygens (including phenoxy) is 5. The molecule has 0 aliphatic carbocycles. The van der Waals surface area contributed by atoms with E-state index in [2.05, 4.69) is 0 Å². The summed E-state index contributed by atoms with van der Waals surface area (Å²) in [5.41, 5.74) is 1.81. The first-order chi connectivity index (χ1) is 14.1. The Balaban J connectivity index is 1.96. The summed E-state index contributed by atoms with van der Waals surface area (Å²) in [5, 5.41) is -0.178. The summed E-state index contributed by atoms with van der Waals surface area (Å²) in [6.45, 7) is 0.417. The summed E-state index contributed by atoms with van der Waals surface area (Å²) in [5.74, 6) is 3.49. The van der Waals surface area contributed by atoms with Crippen LogP contribution in [0.4, 0.5) is 0 Å². The molecule has 1 aliphatic heterocycles. The van der Waals surface area contributed by atoms with Crippen molar-refractivity contribution in [3.8, 4) is 28.7 Å². The van der Waals surface area contributed by atoms with Gasteiger partial charge in [-0.1, -0.05) is 0 Å². The van der Waals surface area contributed by atoms with Gasteiger partial charge in [0.25, 0.3) is 0 Å². The van der Waals surface area contributed by atoms with E-state index < -0.39 is 0 Å². The minimum Gasteiger partial charge on any atom is -0.497 e. The first-order valence-corrected chi connectivity index (χ1v) is 10.0. The molecule has 1 unspecified atom stereocenters. The van der Waals surface area contributed by atoms with E-state index >= 15 is 0 Å². The molecule has 29 heavy (non-hydrogen) atoms. The lowest BCUT2D eigenvalue weighted by Crippen LogP contribution is -2.28. The molecule has 1 saturated heterocycles. The summed E-state index contributed by atoms with van der Waals surface area (Å²) in [4.78, 5) is 14.5. The Morgan fingerprint density at radius 3 is 2.10 bits per heavy atom.